The highest BCUT2D eigenvalue weighted by Gasteiger charge is 2.57. The lowest BCUT2D eigenvalue weighted by Gasteiger charge is -2.56. The predicted octanol–water partition coefficient (Wildman–Crippen LogP) is 5.94. The van der Waals surface area contributed by atoms with Gasteiger partial charge in [-0.2, -0.15) is 0 Å². The maximum atomic E-state index is 14.0. The number of benzene rings is 2. The van der Waals surface area contributed by atoms with Gasteiger partial charge in [0.25, 0.3) is 5.91 Å². The Morgan fingerprint density at radius 1 is 0.976 bits per heavy atom. The van der Waals surface area contributed by atoms with Gasteiger partial charge in [-0.3, -0.25) is 9.59 Å². The van der Waals surface area contributed by atoms with Gasteiger partial charge in [-0.1, -0.05) is 59.6 Å². The van der Waals surface area contributed by atoms with E-state index in [2.05, 4.69) is 35.6 Å². The number of halogens is 2. The Morgan fingerprint density at radius 2 is 1.67 bits per heavy atom. The summed E-state index contributed by atoms with van der Waals surface area (Å²) in [6, 6.07) is 16.3. The van der Waals surface area contributed by atoms with Crippen LogP contribution in [0.2, 0.25) is 10.0 Å². The van der Waals surface area contributed by atoms with Crippen molar-refractivity contribution in [1.82, 2.24) is 15.1 Å². The Kier molecular flexibility index (Phi) is 9.88. The second-order valence-corrected chi connectivity index (χ2v) is 13.9. The SMILES string of the molecule is CN(C)C(=O)C1([N+]2(CCC(CN(C)C(=O)C3CC3c3ccccc3)c3ccc(Cl)c(Cl)c3)CCCCC2)CCNCC1. The first-order valence-electron chi connectivity index (χ1n) is 15.7. The molecule has 8 heteroatoms. The van der Waals surface area contributed by atoms with Crippen molar-refractivity contribution in [1.29, 1.82) is 0 Å². The van der Waals surface area contributed by atoms with Crippen LogP contribution in [0.5, 0.6) is 0 Å². The molecular formula is C34H47Cl2N4O2+. The van der Waals surface area contributed by atoms with Gasteiger partial charge >= 0.3 is 0 Å². The van der Waals surface area contributed by atoms with Gasteiger partial charge in [0.2, 0.25) is 5.91 Å². The Morgan fingerprint density at radius 3 is 2.31 bits per heavy atom. The van der Waals surface area contributed by atoms with Gasteiger partial charge in [0, 0.05) is 71.9 Å². The van der Waals surface area contributed by atoms with Crippen LogP contribution in [-0.2, 0) is 9.59 Å². The summed E-state index contributed by atoms with van der Waals surface area (Å²) < 4.78 is 0.847. The minimum absolute atomic E-state index is 0.0445. The molecule has 2 aromatic carbocycles. The summed E-state index contributed by atoms with van der Waals surface area (Å²) in [7, 11) is 5.76. The minimum atomic E-state index is -0.407. The van der Waals surface area contributed by atoms with E-state index in [1.807, 2.05) is 49.1 Å². The molecule has 1 aliphatic carbocycles. The number of piperidine rings is 2. The molecule has 0 spiro atoms. The van der Waals surface area contributed by atoms with Gasteiger partial charge in [-0.15, -0.1) is 0 Å². The molecule has 228 valence electrons. The van der Waals surface area contributed by atoms with E-state index in [1.165, 1.54) is 12.0 Å². The van der Waals surface area contributed by atoms with Crippen molar-refractivity contribution in [2.75, 3.05) is 60.4 Å². The number of rotatable bonds is 10. The fourth-order valence-electron chi connectivity index (χ4n) is 7.90. The first kappa shape index (κ1) is 31.3. The zero-order valence-electron chi connectivity index (χ0n) is 25.5. The molecule has 0 aromatic heterocycles. The number of hydrogen-bond donors (Lipinski definition) is 1. The normalized spacial score (nSPS) is 23.5. The molecule has 2 aliphatic heterocycles. The zero-order chi connectivity index (χ0) is 29.9. The Hall–Kier alpha value is -2.12. The average molecular weight is 615 g/mol. The van der Waals surface area contributed by atoms with Gasteiger partial charge in [-0.05, 0) is 54.9 Å². The molecule has 0 bridgehead atoms. The zero-order valence-corrected chi connectivity index (χ0v) is 27.0. The van der Waals surface area contributed by atoms with Crippen LogP contribution >= 0.6 is 23.2 Å². The first-order valence-corrected chi connectivity index (χ1v) is 16.5. The quantitative estimate of drug-likeness (QED) is 0.337. The number of likely N-dealkylation sites (tertiary alicyclic amines) is 1. The van der Waals surface area contributed by atoms with Gasteiger partial charge in [-0.25, -0.2) is 0 Å². The summed E-state index contributed by atoms with van der Waals surface area (Å²) >= 11 is 12.9. The Balaban J connectivity index is 1.39. The number of amides is 2. The average Bonchev–Trinajstić information content (AvgIpc) is 3.82. The molecule has 3 fully saturated rings. The second-order valence-electron chi connectivity index (χ2n) is 13.1. The molecule has 0 radical (unpaired) electrons. The highest BCUT2D eigenvalue weighted by atomic mass is 35.5. The van der Waals surface area contributed by atoms with Gasteiger partial charge in [0.05, 0.1) is 29.7 Å². The number of carbonyl (C=O) groups is 2. The van der Waals surface area contributed by atoms with Crippen molar-refractivity contribution in [2.45, 2.75) is 62.3 Å². The monoisotopic (exact) mass is 613 g/mol. The van der Waals surface area contributed by atoms with Crippen molar-refractivity contribution in [3.8, 4) is 0 Å². The van der Waals surface area contributed by atoms with Gasteiger partial charge in [0.1, 0.15) is 0 Å². The van der Waals surface area contributed by atoms with E-state index in [-0.39, 0.29) is 23.7 Å². The maximum absolute atomic E-state index is 14.0. The summed E-state index contributed by atoms with van der Waals surface area (Å²) in [5, 5.41) is 4.59. The third kappa shape index (κ3) is 6.38. The fraction of sp³-hybridized carbons (Fsp3) is 0.588. The highest BCUT2D eigenvalue weighted by molar-refractivity contribution is 6.42. The molecular weight excluding hydrogens is 567 g/mol. The third-order valence-electron chi connectivity index (χ3n) is 10.3. The number of hydrogen-bond acceptors (Lipinski definition) is 3. The minimum Gasteiger partial charge on any atom is -0.345 e. The number of likely N-dealkylation sites (N-methyl/N-ethyl adjacent to an activating group) is 2. The van der Waals surface area contributed by atoms with Crippen LogP contribution < -0.4 is 5.32 Å². The number of nitrogens with one attached hydrogen (secondary N) is 1. The standard InChI is InChI=1S/C34H47Cl2N4O2/c1-38(2)33(42)34(15-17-37-18-16-34)40(19-8-5-9-20-40)21-14-27(26-12-13-30(35)31(36)22-26)24-39(3)32(41)29-23-28(29)25-10-6-4-7-11-25/h4,6-7,10-13,22,27-29,37H,5,8-9,14-21,23-24H2,1-3H3/q+1. The van der Waals surface area contributed by atoms with Gasteiger partial charge < -0.3 is 19.6 Å². The molecule has 6 nitrogen and oxygen atoms in total. The lowest BCUT2D eigenvalue weighted by Crippen LogP contribution is -2.74. The molecule has 42 heavy (non-hydrogen) atoms. The molecule has 2 saturated heterocycles. The van der Waals surface area contributed by atoms with Crippen LogP contribution in [0.3, 0.4) is 0 Å². The number of nitrogens with zero attached hydrogens (tertiary/aromatic N) is 3. The third-order valence-corrected chi connectivity index (χ3v) is 11.1. The topological polar surface area (TPSA) is 52.7 Å². The summed E-state index contributed by atoms with van der Waals surface area (Å²) in [6.45, 7) is 5.33. The van der Waals surface area contributed by atoms with E-state index in [0.717, 1.165) is 81.3 Å². The van der Waals surface area contributed by atoms with Crippen molar-refractivity contribution in [2.24, 2.45) is 5.92 Å². The first-order chi connectivity index (χ1) is 20.2. The second kappa shape index (κ2) is 13.3. The number of carbonyl (C=O) groups excluding carboxylic acids is 2. The van der Waals surface area contributed by atoms with Crippen molar-refractivity contribution in [3.05, 3.63) is 69.7 Å². The molecule has 3 aliphatic rings. The van der Waals surface area contributed by atoms with E-state index in [9.17, 15) is 9.59 Å². The van der Waals surface area contributed by atoms with Crippen LogP contribution in [0.25, 0.3) is 0 Å². The lowest BCUT2D eigenvalue weighted by molar-refractivity contribution is -0.972. The summed E-state index contributed by atoms with van der Waals surface area (Å²) in [6.07, 6.45) is 7.03. The van der Waals surface area contributed by atoms with Crippen LogP contribution in [0.1, 0.15) is 67.9 Å². The van der Waals surface area contributed by atoms with E-state index < -0.39 is 5.54 Å². The molecule has 2 aromatic rings. The summed E-state index contributed by atoms with van der Waals surface area (Å²) in [5.74, 6) is 0.928. The molecule has 3 unspecified atom stereocenters. The predicted molar refractivity (Wildman–Crippen MR) is 171 cm³/mol. The van der Waals surface area contributed by atoms with Crippen LogP contribution in [-0.4, -0.2) is 92.0 Å². The van der Waals surface area contributed by atoms with Crippen molar-refractivity contribution >= 4 is 35.0 Å². The Labute approximate surface area is 261 Å². The Bertz CT molecular complexity index is 1240. The van der Waals surface area contributed by atoms with E-state index in [4.69, 9.17) is 23.2 Å². The van der Waals surface area contributed by atoms with E-state index in [1.54, 1.807) is 0 Å². The van der Waals surface area contributed by atoms with Crippen LogP contribution in [0.4, 0.5) is 0 Å². The molecule has 1 N–H and O–H groups in total. The maximum Gasteiger partial charge on any atom is 0.283 e. The van der Waals surface area contributed by atoms with Crippen LogP contribution in [0, 0.1) is 5.92 Å². The summed E-state index contributed by atoms with van der Waals surface area (Å²) in [4.78, 5) is 31.4. The highest BCUT2D eigenvalue weighted by Crippen LogP contribution is 2.48. The molecule has 2 amide bonds. The van der Waals surface area contributed by atoms with Crippen molar-refractivity contribution in [3.63, 3.8) is 0 Å². The fourth-order valence-corrected chi connectivity index (χ4v) is 8.21. The lowest BCUT2D eigenvalue weighted by atomic mass is 9.79. The smallest absolute Gasteiger partial charge is 0.283 e. The van der Waals surface area contributed by atoms with Gasteiger partial charge in [0.15, 0.2) is 5.54 Å². The van der Waals surface area contributed by atoms with Crippen molar-refractivity contribution < 1.29 is 14.1 Å². The van der Waals surface area contributed by atoms with E-state index in [0.29, 0.717) is 22.5 Å². The summed E-state index contributed by atoms with van der Waals surface area (Å²) in [5.41, 5.74) is 1.95. The number of quaternary nitrogens is 1. The largest absolute Gasteiger partial charge is 0.345 e. The molecule has 3 atom stereocenters. The molecule has 2 heterocycles. The molecule has 1 saturated carbocycles. The van der Waals surface area contributed by atoms with E-state index >= 15 is 0 Å². The molecule has 5 rings (SSSR count). The van der Waals surface area contributed by atoms with Crippen LogP contribution in [0.15, 0.2) is 48.5 Å².